The molecule has 1 amide bonds. The lowest BCUT2D eigenvalue weighted by Gasteiger charge is -2.26. The number of benzene rings is 1. The summed E-state index contributed by atoms with van der Waals surface area (Å²) < 4.78 is 16.7. The van der Waals surface area contributed by atoms with Gasteiger partial charge in [0.2, 0.25) is 0 Å². The smallest absolute Gasteiger partial charge is 0.286 e. The summed E-state index contributed by atoms with van der Waals surface area (Å²) in [6.45, 7) is 7.21. The number of morpholine rings is 1. The fourth-order valence-electron chi connectivity index (χ4n) is 2.94. The predicted molar refractivity (Wildman–Crippen MR) is 103 cm³/mol. The Hall–Kier alpha value is -2.02. The Labute approximate surface area is 164 Å². The minimum absolute atomic E-state index is 0.211. The van der Waals surface area contributed by atoms with Gasteiger partial charge in [0.1, 0.15) is 18.1 Å². The van der Waals surface area contributed by atoms with Crippen molar-refractivity contribution in [2.75, 3.05) is 39.4 Å². The van der Waals surface area contributed by atoms with Crippen LogP contribution >= 0.6 is 11.6 Å². The average molecular weight is 393 g/mol. The fourth-order valence-corrected chi connectivity index (χ4v) is 3.21. The lowest BCUT2D eigenvalue weighted by atomic mass is 10.2. The molecule has 0 saturated carbocycles. The van der Waals surface area contributed by atoms with E-state index in [9.17, 15) is 4.79 Å². The van der Waals surface area contributed by atoms with Crippen LogP contribution in [0.2, 0.25) is 5.02 Å². The monoisotopic (exact) mass is 392 g/mol. The molecule has 0 aliphatic carbocycles. The number of nitrogens with zero attached hydrogens (tertiary/aromatic N) is 1. The second-order valence-corrected chi connectivity index (χ2v) is 6.91. The van der Waals surface area contributed by atoms with Gasteiger partial charge >= 0.3 is 0 Å². The summed E-state index contributed by atoms with van der Waals surface area (Å²) in [4.78, 5) is 14.5. The average Bonchev–Trinajstić information content (AvgIpc) is 3.15. The Balaban J connectivity index is 1.42. The molecule has 0 atom stereocenters. The number of furan rings is 1. The molecule has 27 heavy (non-hydrogen) atoms. The van der Waals surface area contributed by atoms with Crippen molar-refractivity contribution < 1.29 is 18.7 Å². The van der Waals surface area contributed by atoms with E-state index in [0.717, 1.165) is 44.8 Å². The maximum atomic E-state index is 12.2. The second-order valence-electron chi connectivity index (χ2n) is 6.50. The van der Waals surface area contributed by atoms with Gasteiger partial charge in [-0.05, 0) is 43.7 Å². The first-order valence-corrected chi connectivity index (χ1v) is 9.56. The number of ether oxygens (including phenoxy) is 2. The van der Waals surface area contributed by atoms with Crippen molar-refractivity contribution in [1.29, 1.82) is 0 Å². The van der Waals surface area contributed by atoms with Crippen LogP contribution in [0.15, 0.2) is 34.7 Å². The number of hydrogen-bond donors (Lipinski definition) is 1. The Morgan fingerprint density at radius 2 is 2.07 bits per heavy atom. The quantitative estimate of drug-likeness (QED) is 0.698. The van der Waals surface area contributed by atoms with E-state index >= 15 is 0 Å². The number of para-hydroxylation sites is 1. The van der Waals surface area contributed by atoms with Crippen molar-refractivity contribution in [3.63, 3.8) is 0 Å². The Morgan fingerprint density at radius 3 is 2.85 bits per heavy atom. The van der Waals surface area contributed by atoms with Crippen LogP contribution in [0.5, 0.6) is 5.75 Å². The molecule has 1 N–H and O–H groups in total. The van der Waals surface area contributed by atoms with Gasteiger partial charge in [0.05, 0.1) is 18.2 Å². The molecule has 1 fully saturated rings. The number of amides is 1. The van der Waals surface area contributed by atoms with Gasteiger partial charge in [-0.1, -0.05) is 23.7 Å². The van der Waals surface area contributed by atoms with E-state index < -0.39 is 0 Å². The molecule has 2 heterocycles. The first kappa shape index (κ1) is 19.7. The molecule has 0 spiro atoms. The normalized spacial score (nSPS) is 14.9. The summed E-state index contributed by atoms with van der Waals surface area (Å²) in [5.74, 6) is 1.28. The summed E-state index contributed by atoms with van der Waals surface area (Å²) in [5.41, 5.74) is 0.951. The van der Waals surface area contributed by atoms with Gasteiger partial charge in [0.25, 0.3) is 5.91 Å². The first-order chi connectivity index (χ1) is 13.1. The van der Waals surface area contributed by atoms with Crippen LogP contribution in [-0.2, 0) is 11.3 Å². The minimum Gasteiger partial charge on any atom is -0.484 e. The Kier molecular flexibility index (Phi) is 7.15. The van der Waals surface area contributed by atoms with Gasteiger partial charge in [0, 0.05) is 19.6 Å². The van der Waals surface area contributed by atoms with E-state index in [0.29, 0.717) is 23.1 Å². The van der Waals surface area contributed by atoms with E-state index in [1.165, 1.54) is 0 Å². The third-order valence-corrected chi connectivity index (χ3v) is 4.75. The van der Waals surface area contributed by atoms with Crippen molar-refractivity contribution in [1.82, 2.24) is 10.2 Å². The number of aryl methyl sites for hydroxylation is 1. The summed E-state index contributed by atoms with van der Waals surface area (Å²) in [6.07, 6.45) is 0.897. The van der Waals surface area contributed by atoms with Gasteiger partial charge in [0.15, 0.2) is 5.76 Å². The molecule has 1 aliphatic heterocycles. The highest BCUT2D eigenvalue weighted by molar-refractivity contribution is 6.32. The van der Waals surface area contributed by atoms with E-state index in [4.69, 9.17) is 25.5 Å². The van der Waals surface area contributed by atoms with Crippen molar-refractivity contribution >= 4 is 17.5 Å². The maximum Gasteiger partial charge on any atom is 0.286 e. The SMILES string of the molecule is Cc1cccc(Cl)c1OCc1ccc(C(=O)NCCCN2CCOCC2)o1. The molecule has 1 aromatic carbocycles. The number of carbonyl (C=O) groups is 1. The summed E-state index contributed by atoms with van der Waals surface area (Å²) >= 11 is 6.15. The first-order valence-electron chi connectivity index (χ1n) is 9.18. The molecule has 3 rings (SSSR count). The van der Waals surface area contributed by atoms with Crippen LogP contribution in [0.3, 0.4) is 0 Å². The molecule has 1 saturated heterocycles. The zero-order chi connectivity index (χ0) is 19.1. The van der Waals surface area contributed by atoms with Gasteiger partial charge < -0.3 is 19.2 Å². The molecule has 0 unspecified atom stereocenters. The zero-order valence-electron chi connectivity index (χ0n) is 15.5. The Morgan fingerprint density at radius 1 is 1.26 bits per heavy atom. The summed E-state index contributed by atoms with van der Waals surface area (Å²) in [7, 11) is 0. The number of hydrogen-bond acceptors (Lipinski definition) is 5. The minimum atomic E-state index is -0.211. The predicted octanol–water partition coefficient (Wildman–Crippen LogP) is 3.27. The molecular weight excluding hydrogens is 368 g/mol. The van der Waals surface area contributed by atoms with Crippen molar-refractivity contribution in [3.8, 4) is 5.75 Å². The molecule has 146 valence electrons. The van der Waals surface area contributed by atoms with E-state index in [-0.39, 0.29) is 18.3 Å². The van der Waals surface area contributed by atoms with E-state index in [1.807, 2.05) is 19.1 Å². The summed E-state index contributed by atoms with van der Waals surface area (Å²) in [6, 6.07) is 8.99. The zero-order valence-corrected chi connectivity index (χ0v) is 16.3. The van der Waals surface area contributed by atoms with Crippen LogP contribution < -0.4 is 10.1 Å². The van der Waals surface area contributed by atoms with Crippen LogP contribution in [0.1, 0.15) is 28.3 Å². The van der Waals surface area contributed by atoms with Gasteiger partial charge in [-0.3, -0.25) is 9.69 Å². The lowest BCUT2D eigenvalue weighted by molar-refractivity contribution is 0.0374. The van der Waals surface area contributed by atoms with Crippen molar-refractivity contribution in [2.24, 2.45) is 0 Å². The van der Waals surface area contributed by atoms with Gasteiger partial charge in [-0.2, -0.15) is 0 Å². The van der Waals surface area contributed by atoms with Gasteiger partial charge in [-0.15, -0.1) is 0 Å². The Bertz CT molecular complexity index is 736. The molecule has 1 aromatic heterocycles. The highest BCUT2D eigenvalue weighted by Crippen LogP contribution is 2.28. The number of rotatable bonds is 8. The molecular formula is C20H25ClN2O4. The largest absolute Gasteiger partial charge is 0.484 e. The van der Waals surface area contributed by atoms with E-state index in [1.54, 1.807) is 18.2 Å². The van der Waals surface area contributed by atoms with Crippen LogP contribution in [0.25, 0.3) is 0 Å². The number of carbonyl (C=O) groups excluding carboxylic acids is 1. The third-order valence-electron chi connectivity index (χ3n) is 4.45. The van der Waals surface area contributed by atoms with E-state index in [2.05, 4.69) is 10.2 Å². The van der Waals surface area contributed by atoms with Crippen LogP contribution in [0.4, 0.5) is 0 Å². The molecule has 0 bridgehead atoms. The lowest BCUT2D eigenvalue weighted by Crippen LogP contribution is -2.38. The maximum absolute atomic E-state index is 12.2. The second kappa shape index (κ2) is 9.78. The molecule has 7 heteroatoms. The molecule has 1 aliphatic rings. The van der Waals surface area contributed by atoms with Crippen molar-refractivity contribution in [3.05, 3.63) is 52.4 Å². The number of nitrogens with one attached hydrogen (secondary N) is 1. The standard InChI is InChI=1S/C20H25ClN2O4/c1-15-4-2-5-17(21)19(15)26-14-16-6-7-18(27-16)20(24)22-8-3-9-23-10-12-25-13-11-23/h2,4-7H,3,8-14H2,1H3,(H,22,24). The fraction of sp³-hybridized carbons (Fsp3) is 0.450. The highest BCUT2D eigenvalue weighted by atomic mass is 35.5. The van der Waals surface area contributed by atoms with Crippen LogP contribution in [-0.4, -0.2) is 50.2 Å². The molecule has 2 aromatic rings. The third kappa shape index (κ3) is 5.73. The molecule has 6 nitrogen and oxygen atoms in total. The van der Waals surface area contributed by atoms with Crippen LogP contribution in [0, 0.1) is 6.92 Å². The molecule has 0 radical (unpaired) electrons. The van der Waals surface area contributed by atoms with Crippen molar-refractivity contribution in [2.45, 2.75) is 20.0 Å². The topological polar surface area (TPSA) is 63.9 Å². The number of halogens is 1. The summed E-state index contributed by atoms with van der Waals surface area (Å²) in [5, 5.41) is 3.45. The van der Waals surface area contributed by atoms with Gasteiger partial charge in [-0.25, -0.2) is 0 Å². The highest BCUT2D eigenvalue weighted by Gasteiger charge is 2.13.